The molecule has 0 aliphatic carbocycles. The van der Waals surface area contributed by atoms with Crippen molar-refractivity contribution >= 4 is 28.4 Å². The molecule has 0 unspecified atom stereocenters. The first kappa shape index (κ1) is 15.2. The average molecular weight is 381 g/mol. The summed E-state index contributed by atoms with van der Waals surface area (Å²) in [6.45, 7) is 4.38. The molecule has 0 saturated carbocycles. The normalized spacial score (nSPS) is 11.0. The van der Waals surface area contributed by atoms with Crippen LogP contribution in [0.2, 0.25) is 0 Å². The van der Waals surface area contributed by atoms with Crippen molar-refractivity contribution in [2.45, 2.75) is 33.1 Å². The van der Waals surface area contributed by atoms with E-state index in [9.17, 15) is 0 Å². The second-order valence-corrected chi connectivity index (χ2v) is 6.45. The number of aryl methyl sites for hydroxylation is 2. The van der Waals surface area contributed by atoms with Gasteiger partial charge in [-0.05, 0) is 46.9 Å². The number of halogens is 1. The largest absolute Gasteiger partial charge is 0.383 e. The van der Waals surface area contributed by atoms with Crippen molar-refractivity contribution < 1.29 is 0 Å². The number of nitrogen functional groups attached to an aromatic ring is 1. The van der Waals surface area contributed by atoms with Crippen LogP contribution in [0, 0.1) is 9.49 Å². The summed E-state index contributed by atoms with van der Waals surface area (Å²) < 4.78 is 1.000. The van der Waals surface area contributed by atoms with E-state index in [1.165, 1.54) is 5.56 Å². The Bertz CT molecular complexity index is 567. The molecule has 4 heteroatoms. The number of benzene rings is 1. The molecule has 3 nitrogen and oxygen atoms in total. The molecule has 0 bridgehead atoms. The summed E-state index contributed by atoms with van der Waals surface area (Å²) in [4.78, 5) is 9.10. The Labute approximate surface area is 134 Å². The van der Waals surface area contributed by atoms with Gasteiger partial charge in [0.1, 0.15) is 11.6 Å². The highest BCUT2D eigenvalue weighted by Crippen LogP contribution is 2.19. The van der Waals surface area contributed by atoms with Gasteiger partial charge in [0.05, 0.1) is 9.26 Å². The van der Waals surface area contributed by atoms with Crippen molar-refractivity contribution in [2.24, 2.45) is 5.92 Å². The number of hydrogen-bond acceptors (Lipinski definition) is 3. The summed E-state index contributed by atoms with van der Waals surface area (Å²) >= 11 is 2.24. The fourth-order valence-corrected chi connectivity index (χ4v) is 2.56. The number of nitrogens with zero attached hydrogens (tertiary/aromatic N) is 2. The summed E-state index contributed by atoms with van der Waals surface area (Å²) in [7, 11) is 0. The third-order valence-corrected chi connectivity index (χ3v) is 4.25. The van der Waals surface area contributed by atoms with Gasteiger partial charge < -0.3 is 5.73 Å². The van der Waals surface area contributed by atoms with Gasteiger partial charge in [-0.2, -0.15) is 0 Å². The Hall–Kier alpha value is -1.17. The monoisotopic (exact) mass is 381 g/mol. The second kappa shape index (κ2) is 7.02. The van der Waals surface area contributed by atoms with Crippen molar-refractivity contribution in [1.29, 1.82) is 0 Å². The minimum atomic E-state index is 0.569. The van der Waals surface area contributed by atoms with E-state index in [4.69, 9.17) is 5.73 Å². The average Bonchev–Trinajstić information content (AvgIpc) is 2.42. The first-order valence-electron chi connectivity index (χ1n) is 6.91. The van der Waals surface area contributed by atoms with Gasteiger partial charge in [-0.1, -0.05) is 44.2 Å². The van der Waals surface area contributed by atoms with Crippen LogP contribution in [0.1, 0.15) is 30.9 Å². The van der Waals surface area contributed by atoms with Crippen LogP contribution in [0.25, 0.3) is 0 Å². The molecule has 2 N–H and O–H groups in total. The van der Waals surface area contributed by atoms with Crippen LogP contribution >= 0.6 is 22.6 Å². The van der Waals surface area contributed by atoms with E-state index in [1.54, 1.807) is 0 Å². The van der Waals surface area contributed by atoms with E-state index in [2.05, 4.69) is 70.7 Å². The molecule has 0 fully saturated rings. The first-order chi connectivity index (χ1) is 9.56. The molecular formula is C16H20IN3. The molecule has 0 aliphatic heterocycles. The molecule has 1 aromatic heterocycles. The zero-order valence-electron chi connectivity index (χ0n) is 11.9. The van der Waals surface area contributed by atoms with Crippen LogP contribution in [0.5, 0.6) is 0 Å². The SMILES string of the molecule is CC(C)Cc1nc(CCc2ccccc2)nc(N)c1I. The molecule has 106 valence electrons. The van der Waals surface area contributed by atoms with Gasteiger partial charge in [-0.3, -0.25) is 0 Å². The smallest absolute Gasteiger partial charge is 0.140 e. The van der Waals surface area contributed by atoms with Crippen LogP contribution in [0.15, 0.2) is 30.3 Å². The molecule has 0 amide bonds. The Morgan fingerprint density at radius 1 is 1.10 bits per heavy atom. The van der Waals surface area contributed by atoms with Crippen molar-refractivity contribution in [2.75, 3.05) is 5.73 Å². The number of aromatic nitrogens is 2. The number of anilines is 1. The molecular weight excluding hydrogens is 361 g/mol. The highest BCUT2D eigenvalue weighted by Gasteiger charge is 2.11. The van der Waals surface area contributed by atoms with Crippen molar-refractivity contribution in [3.63, 3.8) is 0 Å². The van der Waals surface area contributed by atoms with Gasteiger partial charge in [0.2, 0.25) is 0 Å². The zero-order chi connectivity index (χ0) is 14.5. The van der Waals surface area contributed by atoms with Gasteiger partial charge in [-0.25, -0.2) is 9.97 Å². The maximum absolute atomic E-state index is 6.01. The third-order valence-electron chi connectivity index (χ3n) is 3.07. The van der Waals surface area contributed by atoms with Crippen molar-refractivity contribution in [1.82, 2.24) is 9.97 Å². The molecule has 0 atom stereocenters. The third kappa shape index (κ3) is 4.16. The predicted octanol–water partition coefficient (Wildman–Crippen LogP) is 3.65. The van der Waals surface area contributed by atoms with E-state index in [0.717, 1.165) is 34.4 Å². The van der Waals surface area contributed by atoms with Crippen LogP contribution in [0.4, 0.5) is 5.82 Å². The summed E-state index contributed by atoms with van der Waals surface area (Å²) in [5.74, 6) is 2.03. The Kier molecular flexibility index (Phi) is 5.34. The highest BCUT2D eigenvalue weighted by molar-refractivity contribution is 14.1. The van der Waals surface area contributed by atoms with Crippen LogP contribution in [0.3, 0.4) is 0 Å². The molecule has 2 rings (SSSR count). The van der Waals surface area contributed by atoms with E-state index in [0.29, 0.717) is 11.7 Å². The van der Waals surface area contributed by atoms with Crippen molar-refractivity contribution in [3.8, 4) is 0 Å². The molecule has 2 aromatic rings. The lowest BCUT2D eigenvalue weighted by atomic mass is 10.1. The van der Waals surface area contributed by atoms with Crippen molar-refractivity contribution in [3.05, 3.63) is 51.0 Å². The Balaban J connectivity index is 2.14. The molecule has 20 heavy (non-hydrogen) atoms. The van der Waals surface area contributed by atoms with Gasteiger partial charge >= 0.3 is 0 Å². The topological polar surface area (TPSA) is 51.8 Å². The van der Waals surface area contributed by atoms with Crippen LogP contribution in [-0.2, 0) is 19.3 Å². The number of nitrogens with two attached hydrogens (primary N) is 1. The van der Waals surface area contributed by atoms with Crippen LogP contribution in [-0.4, -0.2) is 9.97 Å². The fourth-order valence-electron chi connectivity index (χ4n) is 2.10. The number of rotatable bonds is 5. The van der Waals surface area contributed by atoms with E-state index >= 15 is 0 Å². The second-order valence-electron chi connectivity index (χ2n) is 5.37. The maximum atomic E-state index is 6.01. The van der Waals surface area contributed by atoms with Crippen LogP contribution < -0.4 is 5.73 Å². The minimum absolute atomic E-state index is 0.569. The predicted molar refractivity (Wildman–Crippen MR) is 91.6 cm³/mol. The summed E-state index contributed by atoms with van der Waals surface area (Å²) in [5.41, 5.74) is 8.39. The lowest BCUT2D eigenvalue weighted by Crippen LogP contribution is -2.10. The van der Waals surface area contributed by atoms with Gasteiger partial charge in [0.25, 0.3) is 0 Å². The quantitative estimate of drug-likeness (QED) is 0.805. The fraction of sp³-hybridized carbons (Fsp3) is 0.375. The molecule has 0 radical (unpaired) electrons. The first-order valence-corrected chi connectivity index (χ1v) is 7.99. The Morgan fingerprint density at radius 3 is 2.45 bits per heavy atom. The maximum Gasteiger partial charge on any atom is 0.140 e. The van der Waals surface area contributed by atoms with Gasteiger partial charge in [0, 0.05) is 6.42 Å². The van der Waals surface area contributed by atoms with E-state index in [-0.39, 0.29) is 0 Å². The molecule has 1 aromatic carbocycles. The zero-order valence-corrected chi connectivity index (χ0v) is 14.1. The Morgan fingerprint density at radius 2 is 1.80 bits per heavy atom. The molecule has 0 spiro atoms. The lowest BCUT2D eigenvalue weighted by molar-refractivity contribution is 0.627. The van der Waals surface area contributed by atoms with Gasteiger partial charge in [0.15, 0.2) is 0 Å². The summed E-state index contributed by atoms with van der Waals surface area (Å²) in [6.07, 6.45) is 2.72. The standard InChI is InChI=1S/C16H20IN3/c1-11(2)10-13-15(17)16(18)20-14(19-13)9-8-12-6-4-3-5-7-12/h3-7,11H,8-10H2,1-2H3,(H2,18,19,20). The number of hydrogen-bond donors (Lipinski definition) is 1. The highest BCUT2D eigenvalue weighted by atomic mass is 127. The lowest BCUT2D eigenvalue weighted by Gasteiger charge is -2.10. The summed E-state index contributed by atoms with van der Waals surface area (Å²) in [5, 5.41) is 0. The minimum Gasteiger partial charge on any atom is -0.383 e. The molecule has 0 saturated heterocycles. The van der Waals surface area contributed by atoms with E-state index in [1.807, 2.05) is 6.07 Å². The van der Waals surface area contributed by atoms with E-state index < -0.39 is 0 Å². The molecule has 1 heterocycles. The van der Waals surface area contributed by atoms with Gasteiger partial charge in [-0.15, -0.1) is 0 Å². The summed E-state index contributed by atoms with van der Waals surface area (Å²) in [6, 6.07) is 10.4. The molecule has 0 aliphatic rings.